The number of aliphatic imine (C=N–C) groups is 1. The molecule has 0 fully saturated rings. The Balaban J connectivity index is 3.45. The van der Waals surface area contributed by atoms with Crippen molar-refractivity contribution in [2.75, 3.05) is 0 Å². The molecule has 1 N–H and O–H groups in total. The average Bonchev–Trinajstić information content (AvgIpc) is 2.09. The van der Waals surface area contributed by atoms with Gasteiger partial charge in [-0.3, -0.25) is 4.99 Å². The van der Waals surface area contributed by atoms with E-state index in [0.717, 1.165) is 5.56 Å². The second-order valence-corrected chi connectivity index (χ2v) is 3.05. The number of rotatable bonds is 2. The van der Waals surface area contributed by atoms with E-state index in [0.29, 0.717) is 10.2 Å². The van der Waals surface area contributed by atoms with E-state index in [1.165, 1.54) is 0 Å². The minimum absolute atomic E-state index is 0.0994. The zero-order valence-electron chi connectivity index (χ0n) is 6.42. The van der Waals surface area contributed by atoms with E-state index in [4.69, 9.17) is 0 Å². The molecule has 12 heavy (non-hydrogen) atoms. The fraction of sp³-hybridized carbons (Fsp3) is 0. The topological polar surface area (TPSA) is 32.6 Å². The van der Waals surface area contributed by atoms with Crippen LogP contribution in [0.3, 0.4) is 0 Å². The maximum Gasteiger partial charge on any atom is 0.155 e. The van der Waals surface area contributed by atoms with Crippen molar-refractivity contribution in [1.29, 1.82) is 0 Å². The van der Waals surface area contributed by atoms with Crippen molar-refractivity contribution < 1.29 is 5.11 Å². The Kier molecular flexibility index (Phi) is 2.65. The summed E-state index contributed by atoms with van der Waals surface area (Å²) in [6.45, 7) is 6.96. The number of halogens is 1. The molecular formula is C9H8BrNO. The van der Waals surface area contributed by atoms with E-state index in [9.17, 15) is 5.11 Å². The first kappa shape index (κ1) is 9.00. The summed E-state index contributed by atoms with van der Waals surface area (Å²) in [7, 11) is 0. The average molecular weight is 226 g/mol. The molecule has 0 aliphatic heterocycles. The minimum Gasteiger partial charge on any atom is -0.505 e. The van der Waals surface area contributed by atoms with E-state index in [2.05, 4.69) is 34.2 Å². The summed E-state index contributed by atoms with van der Waals surface area (Å²) in [5.74, 6) is 0.0994. The lowest BCUT2D eigenvalue weighted by atomic mass is 10.1. The molecule has 0 bridgehead atoms. The van der Waals surface area contributed by atoms with Crippen LogP contribution in [0.2, 0.25) is 0 Å². The molecular weight excluding hydrogens is 218 g/mol. The maximum absolute atomic E-state index is 9.48. The number of aromatic hydroxyl groups is 1. The van der Waals surface area contributed by atoms with Crippen LogP contribution in [0.15, 0.2) is 28.2 Å². The third-order valence-electron chi connectivity index (χ3n) is 1.51. The highest BCUT2D eigenvalue weighted by Gasteiger charge is 2.06. The second-order valence-electron chi connectivity index (χ2n) is 2.20. The van der Waals surface area contributed by atoms with Gasteiger partial charge in [-0.2, -0.15) is 0 Å². The Morgan fingerprint density at radius 2 is 2.17 bits per heavy atom. The van der Waals surface area contributed by atoms with Gasteiger partial charge >= 0.3 is 0 Å². The van der Waals surface area contributed by atoms with Gasteiger partial charge in [0.1, 0.15) is 5.69 Å². The third-order valence-corrected chi connectivity index (χ3v) is 2.15. The van der Waals surface area contributed by atoms with Gasteiger partial charge in [0.2, 0.25) is 0 Å². The van der Waals surface area contributed by atoms with Gasteiger partial charge in [0.05, 0.1) is 4.47 Å². The molecule has 0 spiro atoms. The van der Waals surface area contributed by atoms with Crippen molar-refractivity contribution >= 4 is 34.4 Å². The second kappa shape index (κ2) is 3.54. The Morgan fingerprint density at radius 1 is 1.50 bits per heavy atom. The van der Waals surface area contributed by atoms with Gasteiger partial charge in [-0.15, -0.1) is 0 Å². The summed E-state index contributed by atoms with van der Waals surface area (Å²) < 4.78 is 0.607. The molecule has 0 heterocycles. The normalized spacial score (nSPS) is 9.42. The monoisotopic (exact) mass is 225 g/mol. The van der Waals surface area contributed by atoms with Crippen LogP contribution in [0, 0.1) is 0 Å². The number of phenolic OH excluding ortho intramolecular Hbond substituents is 1. The van der Waals surface area contributed by atoms with Crippen molar-refractivity contribution in [3.63, 3.8) is 0 Å². The zero-order chi connectivity index (χ0) is 9.14. The zero-order valence-corrected chi connectivity index (χ0v) is 8.00. The van der Waals surface area contributed by atoms with Gasteiger partial charge in [-0.25, -0.2) is 0 Å². The lowest BCUT2D eigenvalue weighted by Crippen LogP contribution is -1.76. The summed E-state index contributed by atoms with van der Waals surface area (Å²) in [6, 6.07) is 3.54. The van der Waals surface area contributed by atoms with E-state index in [1.54, 1.807) is 18.2 Å². The van der Waals surface area contributed by atoms with Crippen molar-refractivity contribution in [3.8, 4) is 5.75 Å². The first-order chi connectivity index (χ1) is 5.70. The van der Waals surface area contributed by atoms with Crippen LogP contribution in [0.4, 0.5) is 5.69 Å². The van der Waals surface area contributed by atoms with E-state index in [-0.39, 0.29) is 5.75 Å². The SMILES string of the molecule is C=Cc1ccc(Br)c(O)c1N=C. The summed E-state index contributed by atoms with van der Waals surface area (Å²) in [5.41, 5.74) is 1.23. The quantitative estimate of drug-likeness (QED) is 0.772. The molecule has 1 rings (SSSR count). The van der Waals surface area contributed by atoms with Gasteiger partial charge in [0.15, 0.2) is 5.75 Å². The standard InChI is InChI=1S/C9H8BrNO/c1-3-6-4-5-7(10)9(12)8(6)11-2/h3-5,12H,1-2H2. The number of hydrogen-bond acceptors (Lipinski definition) is 2. The smallest absolute Gasteiger partial charge is 0.155 e. The molecule has 0 radical (unpaired) electrons. The summed E-state index contributed by atoms with van der Waals surface area (Å²) in [5, 5.41) is 9.48. The highest BCUT2D eigenvalue weighted by Crippen LogP contribution is 2.37. The van der Waals surface area contributed by atoms with Crippen LogP contribution in [-0.4, -0.2) is 11.8 Å². The van der Waals surface area contributed by atoms with Crippen LogP contribution in [0.25, 0.3) is 6.08 Å². The highest BCUT2D eigenvalue weighted by molar-refractivity contribution is 9.10. The molecule has 1 aromatic carbocycles. The molecule has 0 aliphatic carbocycles. The molecule has 0 amide bonds. The lowest BCUT2D eigenvalue weighted by molar-refractivity contribution is 0.473. The summed E-state index contributed by atoms with van der Waals surface area (Å²) in [6.07, 6.45) is 1.62. The highest BCUT2D eigenvalue weighted by atomic mass is 79.9. The molecule has 0 unspecified atom stereocenters. The lowest BCUT2D eigenvalue weighted by Gasteiger charge is -2.04. The fourth-order valence-electron chi connectivity index (χ4n) is 0.902. The van der Waals surface area contributed by atoms with Crippen molar-refractivity contribution in [2.24, 2.45) is 4.99 Å². The number of benzene rings is 1. The Labute approximate surface area is 79.4 Å². The fourth-order valence-corrected chi connectivity index (χ4v) is 1.22. The van der Waals surface area contributed by atoms with Crippen LogP contribution in [0.1, 0.15) is 5.56 Å². The summed E-state index contributed by atoms with van der Waals surface area (Å²) in [4.78, 5) is 3.70. The first-order valence-corrected chi connectivity index (χ1v) is 4.10. The predicted molar refractivity (Wildman–Crippen MR) is 55.1 cm³/mol. The van der Waals surface area contributed by atoms with E-state index < -0.39 is 0 Å². The Bertz CT molecular complexity index is 334. The minimum atomic E-state index is 0.0994. The van der Waals surface area contributed by atoms with Crippen molar-refractivity contribution in [3.05, 3.63) is 28.7 Å². The van der Waals surface area contributed by atoms with Gasteiger partial charge < -0.3 is 5.11 Å². The van der Waals surface area contributed by atoms with Gasteiger partial charge in [-0.05, 0) is 28.7 Å². The Morgan fingerprint density at radius 3 is 2.67 bits per heavy atom. The van der Waals surface area contributed by atoms with Crippen LogP contribution in [0.5, 0.6) is 5.75 Å². The molecule has 2 nitrogen and oxygen atoms in total. The van der Waals surface area contributed by atoms with Crippen molar-refractivity contribution in [1.82, 2.24) is 0 Å². The largest absolute Gasteiger partial charge is 0.505 e. The van der Waals surface area contributed by atoms with Gasteiger partial charge in [0.25, 0.3) is 0 Å². The summed E-state index contributed by atoms with van der Waals surface area (Å²) >= 11 is 3.18. The molecule has 0 saturated carbocycles. The molecule has 3 heteroatoms. The first-order valence-electron chi connectivity index (χ1n) is 3.31. The van der Waals surface area contributed by atoms with E-state index in [1.807, 2.05) is 0 Å². The van der Waals surface area contributed by atoms with Crippen LogP contribution in [-0.2, 0) is 0 Å². The molecule has 0 saturated heterocycles. The number of hydrogen-bond donors (Lipinski definition) is 1. The third kappa shape index (κ3) is 1.41. The van der Waals surface area contributed by atoms with Crippen LogP contribution < -0.4 is 0 Å². The molecule has 0 atom stereocenters. The molecule has 1 aromatic rings. The maximum atomic E-state index is 9.48. The Hall–Kier alpha value is -1.09. The molecule has 62 valence electrons. The molecule has 0 aliphatic rings. The number of phenols is 1. The van der Waals surface area contributed by atoms with E-state index >= 15 is 0 Å². The van der Waals surface area contributed by atoms with Gasteiger partial charge in [-0.1, -0.05) is 18.7 Å². The predicted octanol–water partition coefficient (Wildman–Crippen LogP) is 3.13. The van der Waals surface area contributed by atoms with Crippen molar-refractivity contribution in [2.45, 2.75) is 0 Å². The number of nitrogens with zero attached hydrogens (tertiary/aromatic N) is 1. The van der Waals surface area contributed by atoms with Gasteiger partial charge in [0, 0.05) is 5.56 Å². The van der Waals surface area contributed by atoms with Crippen LogP contribution >= 0.6 is 15.9 Å². The molecule has 0 aromatic heterocycles.